The number of ketones is 2. The van der Waals surface area contributed by atoms with E-state index >= 15 is 0 Å². The first kappa shape index (κ1) is 25.8. The largest absolute Gasteiger partial charge is 0.349 e. The first-order valence-electron chi connectivity index (χ1n) is 11.6. The lowest BCUT2D eigenvalue weighted by Crippen LogP contribution is -2.44. The maximum Gasteiger partial charge on any atom is 0.287 e. The number of hydrogen-bond donors (Lipinski definition) is 2. The Hall–Kier alpha value is -2.85. The summed E-state index contributed by atoms with van der Waals surface area (Å²) in [6, 6.07) is 6.86. The highest BCUT2D eigenvalue weighted by molar-refractivity contribution is 7.89. The van der Waals surface area contributed by atoms with E-state index in [2.05, 4.69) is 15.1 Å². The van der Waals surface area contributed by atoms with Gasteiger partial charge >= 0.3 is 0 Å². The number of fused-ring (bicyclic) bond motifs is 2. The Kier molecular flexibility index (Phi) is 8.73. The lowest BCUT2D eigenvalue weighted by atomic mass is 9.88. The maximum absolute atomic E-state index is 13.3. The van der Waals surface area contributed by atoms with Gasteiger partial charge in [0.1, 0.15) is 0 Å². The van der Waals surface area contributed by atoms with E-state index < -0.39 is 39.5 Å². The van der Waals surface area contributed by atoms with Crippen molar-refractivity contribution in [1.82, 2.24) is 19.8 Å². The molecular formula is C24H32N4O5S. The average molecular weight is 489 g/mol. The second kappa shape index (κ2) is 11.5. The van der Waals surface area contributed by atoms with Gasteiger partial charge < -0.3 is 5.32 Å². The van der Waals surface area contributed by atoms with Gasteiger partial charge in [0, 0.05) is 31.6 Å². The Morgan fingerprint density at radius 2 is 1.97 bits per heavy atom. The highest BCUT2D eigenvalue weighted by Gasteiger charge is 2.32. The molecule has 2 bridgehead atoms. The zero-order chi connectivity index (χ0) is 24.7. The van der Waals surface area contributed by atoms with Gasteiger partial charge in [-0.1, -0.05) is 32.0 Å². The van der Waals surface area contributed by atoms with Crippen molar-refractivity contribution in [2.45, 2.75) is 63.4 Å². The van der Waals surface area contributed by atoms with Crippen molar-refractivity contribution in [1.29, 1.82) is 0 Å². The Morgan fingerprint density at radius 3 is 2.68 bits per heavy atom. The van der Waals surface area contributed by atoms with E-state index in [1.807, 2.05) is 20.0 Å². The molecule has 184 valence electrons. The first-order valence-corrected chi connectivity index (χ1v) is 13.1. The summed E-state index contributed by atoms with van der Waals surface area (Å²) >= 11 is 0. The Balaban J connectivity index is 1.76. The number of aromatic nitrogens is 2. The summed E-state index contributed by atoms with van der Waals surface area (Å²) in [6.45, 7) is 4.65. The smallest absolute Gasteiger partial charge is 0.287 e. The molecule has 3 rings (SSSR count). The summed E-state index contributed by atoms with van der Waals surface area (Å²) in [5.74, 6) is -2.53. The van der Waals surface area contributed by atoms with E-state index in [0.717, 1.165) is 5.56 Å². The van der Waals surface area contributed by atoms with Gasteiger partial charge in [0.2, 0.25) is 15.8 Å². The van der Waals surface area contributed by atoms with Gasteiger partial charge in [0.25, 0.3) is 5.91 Å². The zero-order valence-electron chi connectivity index (χ0n) is 19.6. The molecular weight excluding hydrogens is 456 g/mol. The number of amides is 1. The SMILES string of the molecule is CC(C)CC(NS(=O)(=O)c1ccccc1)C(=O)CC1CCCn2cc(cn2)CCNC(=O)C1=O. The van der Waals surface area contributed by atoms with Crippen LogP contribution in [0.2, 0.25) is 0 Å². The van der Waals surface area contributed by atoms with Gasteiger partial charge in [-0.25, -0.2) is 13.1 Å². The minimum Gasteiger partial charge on any atom is -0.349 e. The predicted molar refractivity (Wildman–Crippen MR) is 126 cm³/mol. The van der Waals surface area contributed by atoms with Crippen molar-refractivity contribution in [2.24, 2.45) is 11.8 Å². The summed E-state index contributed by atoms with van der Waals surface area (Å²) < 4.78 is 30.0. The third-order valence-corrected chi connectivity index (χ3v) is 7.30. The second-order valence-electron chi connectivity index (χ2n) is 9.11. The Bertz CT molecular complexity index is 1110. The lowest BCUT2D eigenvalue weighted by Gasteiger charge is -2.22. The molecule has 0 saturated heterocycles. The van der Waals surface area contributed by atoms with Crippen molar-refractivity contribution < 1.29 is 22.8 Å². The molecule has 0 saturated carbocycles. The number of hydrogen-bond acceptors (Lipinski definition) is 6. The number of benzene rings is 1. The molecule has 1 aromatic carbocycles. The molecule has 2 N–H and O–H groups in total. The van der Waals surface area contributed by atoms with Crippen molar-refractivity contribution in [3.05, 3.63) is 48.3 Å². The molecule has 0 radical (unpaired) electrons. The van der Waals surface area contributed by atoms with Gasteiger partial charge in [-0.3, -0.25) is 19.1 Å². The third-order valence-electron chi connectivity index (χ3n) is 5.81. The number of aryl methyl sites for hydroxylation is 1. The molecule has 0 aliphatic carbocycles. The van der Waals surface area contributed by atoms with Crippen LogP contribution in [0.15, 0.2) is 47.6 Å². The van der Waals surface area contributed by atoms with Crippen LogP contribution in [0, 0.1) is 11.8 Å². The predicted octanol–water partition coefficient (Wildman–Crippen LogP) is 1.87. The fourth-order valence-electron chi connectivity index (χ4n) is 4.03. The van der Waals surface area contributed by atoms with Crippen molar-refractivity contribution >= 4 is 27.5 Å². The van der Waals surface area contributed by atoms with E-state index in [0.29, 0.717) is 32.4 Å². The van der Waals surface area contributed by atoms with Crippen molar-refractivity contribution in [3.8, 4) is 0 Å². The number of sulfonamides is 1. The van der Waals surface area contributed by atoms with Crippen LogP contribution in [0.5, 0.6) is 0 Å². The van der Waals surface area contributed by atoms with Crippen LogP contribution in [0.25, 0.3) is 0 Å². The van der Waals surface area contributed by atoms with Crippen LogP contribution in [-0.4, -0.2) is 48.3 Å². The average Bonchev–Trinajstić information content (AvgIpc) is 3.24. The second-order valence-corrected chi connectivity index (χ2v) is 10.8. The Labute approximate surface area is 200 Å². The van der Waals surface area contributed by atoms with E-state index in [4.69, 9.17) is 0 Å². The van der Waals surface area contributed by atoms with E-state index in [1.165, 1.54) is 12.1 Å². The summed E-state index contributed by atoms with van der Waals surface area (Å²) in [7, 11) is -3.92. The Morgan fingerprint density at radius 1 is 1.24 bits per heavy atom. The van der Waals surface area contributed by atoms with E-state index in [-0.39, 0.29) is 23.7 Å². The highest BCUT2D eigenvalue weighted by atomic mass is 32.2. The van der Waals surface area contributed by atoms with Crippen LogP contribution in [0.3, 0.4) is 0 Å². The van der Waals surface area contributed by atoms with E-state index in [9.17, 15) is 22.8 Å². The number of Topliss-reactive ketones (excluding diaryl/α,β-unsaturated/α-hetero) is 2. The molecule has 1 aliphatic heterocycles. The number of nitrogens with one attached hydrogen (secondary N) is 2. The van der Waals surface area contributed by atoms with Crippen LogP contribution in [0.4, 0.5) is 0 Å². The topological polar surface area (TPSA) is 127 Å². The molecule has 2 heterocycles. The number of nitrogens with zero attached hydrogens (tertiary/aromatic N) is 2. The molecule has 34 heavy (non-hydrogen) atoms. The molecule has 2 atom stereocenters. The summed E-state index contributed by atoms with van der Waals surface area (Å²) in [5, 5.41) is 6.92. The lowest BCUT2D eigenvalue weighted by molar-refractivity contribution is -0.141. The first-order chi connectivity index (χ1) is 16.2. The monoisotopic (exact) mass is 488 g/mol. The van der Waals surface area contributed by atoms with Crippen LogP contribution in [-0.2, 0) is 37.4 Å². The summed E-state index contributed by atoms with van der Waals surface area (Å²) in [4.78, 5) is 38.6. The molecule has 0 fully saturated rings. The summed E-state index contributed by atoms with van der Waals surface area (Å²) in [5.41, 5.74) is 0.974. The standard InChI is InChI=1S/C24H32N4O5S/c1-17(2)13-21(27-34(32,33)20-8-4-3-5-9-20)22(29)14-19-7-6-12-28-16-18(15-26-28)10-11-25-24(31)23(19)30/h3-5,8-9,15-17,19,21,27H,6-7,10-14H2,1-2H3,(H,25,31). The third kappa shape index (κ3) is 7.07. The summed E-state index contributed by atoms with van der Waals surface area (Å²) in [6.07, 6.45) is 5.17. The van der Waals surface area contributed by atoms with Crippen molar-refractivity contribution in [2.75, 3.05) is 6.54 Å². The number of carbonyl (C=O) groups excluding carboxylic acids is 3. The van der Waals surface area contributed by atoms with Crippen molar-refractivity contribution in [3.63, 3.8) is 0 Å². The van der Waals surface area contributed by atoms with Gasteiger partial charge in [-0.2, -0.15) is 5.10 Å². The fourth-order valence-corrected chi connectivity index (χ4v) is 5.29. The highest BCUT2D eigenvalue weighted by Crippen LogP contribution is 2.20. The van der Waals surface area contributed by atoms with Crippen LogP contribution < -0.4 is 10.0 Å². The molecule has 1 aromatic heterocycles. The quantitative estimate of drug-likeness (QED) is 0.546. The molecule has 1 aliphatic rings. The van der Waals surface area contributed by atoms with Crippen LogP contribution in [0.1, 0.15) is 45.1 Å². The van der Waals surface area contributed by atoms with Gasteiger partial charge in [-0.05, 0) is 49.3 Å². The fraction of sp³-hybridized carbons (Fsp3) is 0.500. The minimum absolute atomic E-state index is 0.0387. The normalized spacial score (nSPS) is 18.6. The molecule has 9 nitrogen and oxygen atoms in total. The minimum atomic E-state index is -3.92. The molecule has 2 aromatic rings. The van der Waals surface area contributed by atoms with E-state index in [1.54, 1.807) is 29.1 Å². The molecule has 1 amide bonds. The molecule has 2 unspecified atom stereocenters. The van der Waals surface area contributed by atoms with Crippen LogP contribution >= 0.6 is 0 Å². The molecule has 10 heteroatoms. The number of carbonyl (C=O) groups is 3. The molecule has 0 spiro atoms. The number of rotatable bonds is 8. The van der Waals surface area contributed by atoms with Gasteiger partial charge in [-0.15, -0.1) is 0 Å². The van der Waals surface area contributed by atoms with Gasteiger partial charge in [0.15, 0.2) is 5.78 Å². The zero-order valence-corrected chi connectivity index (χ0v) is 20.4. The van der Waals surface area contributed by atoms with Gasteiger partial charge in [0.05, 0.1) is 17.1 Å². The maximum atomic E-state index is 13.3.